The van der Waals surface area contributed by atoms with Crippen LogP contribution in [0.3, 0.4) is 0 Å². The van der Waals surface area contributed by atoms with Crippen molar-refractivity contribution in [2.24, 2.45) is 0 Å². The third kappa shape index (κ3) is 2.66. The summed E-state index contributed by atoms with van der Waals surface area (Å²) in [4.78, 5) is 0. The summed E-state index contributed by atoms with van der Waals surface area (Å²) in [5.74, 6) is 0. The number of rotatable bonds is 2. The maximum atomic E-state index is 6.22. The monoisotopic (exact) mass is 353 g/mol. The van der Waals surface area contributed by atoms with Gasteiger partial charge >= 0.3 is 0 Å². The molecule has 3 rings (SSSR count). The Kier molecular flexibility index (Phi) is 3.57. The average molecular weight is 355 g/mol. The predicted octanol–water partition coefficient (Wildman–Crippen LogP) is 5.76. The molecule has 0 bridgehead atoms. The van der Waals surface area contributed by atoms with Crippen LogP contribution in [0.1, 0.15) is 5.56 Å². The van der Waals surface area contributed by atoms with Crippen LogP contribution < -0.4 is 0 Å². The molecule has 0 aliphatic carbocycles. The van der Waals surface area contributed by atoms with Crippen molar-refractivity contribution in [2.75, 3.05) is 0 Å². The van der Waals surface area contributed by atoms with E-state index >= 15 is 0 Å². The van der Waals surface area contributed by atoms with Crippen LogP contribution in [0.2, 0.25) is 10.0 Å². The standard InChI is InChI=1S/C15H10BrCl2N/c16-12-2-4-15-10(7-12)5-6-19(15)9-11-1-3-13(17)8-14(11)18/h1-8H,9H2. The number of benzene rings is 2. The van der Waals surface area contributed by atoms with Gasteiger partial charge in [0.1, 0.15) is 0 Å². The minimum Gasteiger partial charge on any atom is -0.343 e. The molecule has 0 amide bonds. The van der Waals surface area contributed by atoms with Crippen molar-refractivity contribution in [3.63, 3.8) is 0 Å². The van der Waals surface area contributed by atoms with Crippen LogP contribution in [0.15, 0.2) is 53.1 Å². The Morgan fingerprint density at radius 1 is 1.00 bits per heavy atom. The molecule has 0 atom stereocenters. The first-order valence-corrected chi connectivity index (χ1v) is 7.37. The van der Waals surface area contributed by atoms with Gasteiger partial charge in [-0.05, 0) is 42.0 Å². The highest BCUT2D eigenvalue weighted by molar-refractivity contribution is 9.10. The molecular weight excluding hydrogens is 345 g/mol. The summed E-state index contributed by atoms with van der Waals surface area (Å²) in [5, 5.41) is 2.57. The summed E-state index contributed by atoms with van der Waals surface area (Å²) < 4.78 is 3.26. The minimum absolute atomic E-state index is 0.662. The highest BCUT2D eigenvalue weighted by Gasteiger charge is 2.05. The third-order valence-corrected chi connectivity index (χ3v) is 4.17. The zero-order valence-corrected chi connectivity index (χ0v) is 13.0. The zero-order chi connectivity index (χ0) is 13.4. The van der Waals surface area contributed by atoms with Crippen molar-refractivity contribution in [3.8, 4) is 0 Å². The van der Waals surface area contributed by atoms with Crippen molar-refractivity contribution < 1.29 is 0 Å². The quantitative estimate of drug-likeness (QED) is 0.551. The Morgan fingerprint density at radius 2 is 1.84 bits per heavy atom. The molecule has 2 aromatic carbocycles. The zero-order valence-electron chi connectivity index (χ0n) is 9.91. The molecule has 0 fully saturated rings. The summed E-state index contributed by atoms with van der Waals surface area (Å²) in [6, 6.07) is 14.0. The van der Waals surface area contributed by atoms with Crippen LogP contribution in [-0.2, 0) is 6.54 Å². The van der Waals surface area contributed by atoms with Crippen LogP contribution in [0.4, 0.5) is 0 Å². The molecule has 0 spiro atoms. The summed E-state index contributed by atoms with van der Waals surface area (Å²) >= 11 is 15.6. The van der Waals surface area contributed by atoms with Crippen molar-refractivity contribution in [3.05, 3.63) is 68.7 Å². The van der Waals surface area contributed by atoms with Gasteiger partial charge in [0.2, 0.25) is 0 Å². The van der Waals surface area contributed by atoms with E-state index in [4.69, 9.17) is 23.2 Å². The molecular formula is C15H10BrCl2N. The lowest BCUT2D eigenvalue weighted by atomic mass is 10.2. The second-order valence-corrected chi connectivity index (χ2v) is 6.14. The maximum absolute atomic E-state index is 6.22. The van der Waals surface area contributed by atoms with E-state index in [0.717, 1.165) is 16.6 Å². The number of aromatic nitrogens is 1. The van der Waals surface area contributed by atoms with Gasteiger partial charge in [0.25, 0.3) is 0 Å². The molecule has 4 heteroatoms. The molecule has 19 heavy (non-hydrogen) atoms. The van der Waals surface area contributed by atoms with Gasteiger partial charge in [-0.15, -0.1) is 0 Å². The van der Waals surface area contributed by atoms with Crippen molar-refractivity contribution in [1.29, 1.82) is 0 Å². The van der Waals surface area contributed by atoms with Gasteiger partial charge in [0.05, 0.1) is 0 Å². The molecule has 1 heterocycles. The number of fused-ring (bicyclic) bond motifs is 1. The Labute approximate surface area is 129 Å². The van der Waals surface area contributed by atoms with Gasteiger partial charge in [0, 0.05) is 38.2 Å². The first-order valence-electron chi connectivity index (χ1n) is 5.82. The molecule has 0 N–H and O–H groups in total. The first-order chi connectivity index (χ1) is 9.13. The molecule has 0 aliphatic rings. The van der Waals surface area contributed by atoms with Gasteiger partial charge in [-0.25, -0.2) is 0 Å². The lowest BCUT2D eigenvalue weighted by Crippen LogP contribution is -1.98. The normalized spacial score (nSPS) is 11.1. The summed E-state index contributed by atoms with van der Waals surface area (Å²) in [5.41, 5.74) is 2.25. The fraction of sp³-hybridized carbons (Fsp3) is 0.0667. The van der Waals surface area contributed by atoms with E-state index in [-0.39, 0.29) is 0 Å². The highest BCUT2D eigenvalue weighted by atomic mass is 79.9. The SMILES string of the molecule is Clc1ccc(Cn2ccc3cc(Br)ccc32)c(Cl)c1. The number of nitrogens with zero attached hydrogens (tertiary/aromatic N) is 1. The smallest absolute Gasteiger partial charge is 0.0490 e. The fourth-order valence-electron chi connectivity index (χ4n) is 2.14. The van der Waals surface area contributed by atoms with Gasteiger partial charge in [-0.2, -0.15) is 0 Å². The summed E-state index contributed by atoms with van der Waals surface area (Å²) in [7, 11) is 0. The van der Waals surface area contributed by atoms with E-state index in [2.05, 4.69) is 44.9 Å². The highest BCUT2D eigenvalue weighted by Crippen LogP contribution is 2.25. The fourth-order valence-corrected chi connectivity index (χ4v) is 2.99. The predicted molar refractivity (Wildman–Crippen MR) is 85.2 cm³/mol. The topological polar surface area (TPSA) is 4.93 Å². The Bertz CT molecular complexity index is 749. The van der Waals surface area contributed by atoms with Gasteiger partial charge in [-0.3, -0.25) is 0 Å². The van der Waals surface area contributed by atoms with E-state index in [1.807, 2.05) is 18.2 Å². The van der Waals surface area contributed by atoms with Crippen LogP contribution >= 0.6 is 39.1 Å². The molecule has 96 valence electrons. The van der Waals surface area contributed by atoms with E-state index in [1.165, 1.54) is 10.9 Å². The maximum Gasteiger partial charge on any atom is 0.0490 e. The molecule has 0 radical (unpaired) electrons. The van der Waals surface area contributed by atoms with E-state index in [0.29, 0.717) is 10.0 Å². The summed E-state index contributed by atoms with van der Waals surface area (Å²) in [6.07, 6.45) is 2.07. The first kappa shape index (κ1) is 13.0. The Morgan fingerprint density at radius 3 is 2.63 bits per heavy atom. The lowest BCUT2D eigenvalue weighted by Gasteiger charge is -2.08. The Hall–Kier alpha value is -0.960. The second-order valence-electron chi connectivity index (χ2n) is 4.38. The number of hydrogen-bond donors (Lipinski definition) is 0. The second kappa shape index (κ2) is 5.20. The molecule has 1 aromatic heterocycles. The third-order valence-electron chi connectivity index (χ3n) is 3.09. The van der Waals surface area contributed by atoms with Crippen LogP contribution in [0.5, 0.6) is 0 Å². The molecule has 0 unspecified atom stereocenters. The van der Waals surface area contributed by atoms with Crippen LogP contribution in [-0.4, -0.2) is 4.57 Å². The van der Waals surface area contributed by atoms with Crippen molar-refractivity contribution >= 4 is 50.0 Å². The van der Waals surface area contributed by atoms with E-state index < -0.39 is 0 Å². The summed E-state index contributed by atoms with van der Waals surface area (Å²) in [6.45, 7) is 0.737. The minimum atomic E-state index is 0.662. The molecule has 3 aromatic rings. The van der Waals surface area contributed by atoms with Gasteiger partial charge in [0.15, 0.2) is 0 Å². The van der Waals surface area contributed by atoms with Crippen molar-refractivity contribution in [2.45, 2.75) is 6.54 Å². The average Bonchev–Trinajstić information content (AvgIpc) is 2.75. The van der Waals surface area contributed by atoms with E-state index in [9.17, 15) is 0 Å². The van der Waals surface area contributed by atoms with Crippen LogP contribution in [0, 0.1) is 0 Å². The van der Waals surface area contributed by atoms with Crippen LogP contribution in [0.25, 0.3) is 10.9 Å². The molecule has 0 saturated heterocycles. The number of hydrogen-bond acceptors (Lipinski definition) is 0. The van der Waals surface area contributed by atoms with Gasteiger partial charge < -0.3 is 4.57 Å². The number of halogens is 3. The van der Waals surface area contributed by atoms with Gasteiger partial charge in [-0.1, -0.05) is 45.2 Å². The van der Waals surface area contributed by atoms with Crippen molar-refractivity contribution in [1.82, 2.24) is 4.57 Å². The molecule has 0 aliphatic heterocycles. The Balaban J connectivity index is 2.01. The molecule has 0 saturated carbocycles. The van der Waals surface area contributed by atoms with E-state index in [1.54, 1.807) is 6.07 Å². The largest absolute Gasteiger partial charge is 0.343 e. The lowest BCUT2D eigenvalue weighted by molar-refractivity contribution is 0.837. The molecule has 1 nitrogen and oxygen atoms in total.